The molecule has 2 nitrogen and oxygen atoms in total. The van der Waals surface area contributed by atoms with E-state index in [9.17, 15) is 0 Å². The molecule has 0 amide bonds. The molecule has 1 N–H and O–H groups in total. The van der Waals surface area contributed by atoms with Gasteiger partial charge in [-0.1, -0.05) is 15.9 Å². The fourth-order valence-electron chi connectivity index (χ4n) is 2.58. The number of aryl methyl sites for hydroxylation is 1. The lowest BCUT2D eigenvalue weighted by molar-refractivity contribution is 0.383. The van der Waals surface area contributed by atoms with Gasteiger partial charge in [-0.3, -0.25) is 0 Å². The van der Waals surface area contributed by atoms with Crippen molar-refractivity contribution in [1.82, 2.24) is 5.32 Å². The number of hydrogen-bond acceptors (Lipinski definition) is 2. The first-order valence-corrected chi connectivity index (χ1v) is 7.90. The molecule has 1 aliphatic heterocycles. The summed E-state index contributed by atoms with van der Waals surface area (Å²) in [6.07, 6.45) is 1.29. The maximum atomic E-state index is 3.62. The molecule has 1 aliphatic rings. The third-order valence-electron chi connectivity index (χ3n) is 3.60. The van der Waals surface area contributed by atoms with Crippen molar-refractivity contribution in [3.05, 3.63) is 28.2 Å². The average Bonchev–Trinajstić information content (AvgIpc) is 2.72. The number of halogens is 1. The van der Waals surface area contributed by atoms with Crippen molar-refractivity contribution >= 4 is 21.6 Å². The molecule has 1 atom stereocenters. The van der Waals surface area contributed by atoms with Gasteiger partial charge in [-0.2, -0.15) is 0 Å². The topological polar surface area (TPSA) is 15.3 Å². The Bertz CT molecular complexity index is 417. The van der Waals surface area contributed by atoms with Gasteiger partial charge in [0, 0.05) is 35.3 Å². The molecule has 1 saturated heterocycles. The average molecular weight is 325 g/mol. The van der Waals surface area contributed by atoms with Gasteiger partial charge in [0.2, 0.25) is 0 Å². The second-order valence-corrected chi connectivity index (χ2v) is 7.63. The smallest absolute Gasteiger partial charge is 0.0380 e. The zero-order chi connectivity index (χ0) is 14.0. The molecule has 19 heavy (non-hydrogen) atoms. The molecule has 0 saturated carbocycles. The Labute approximate surface area is 125 Å². The summed E-state index contributed by atoms with van der Waals surface area (Å²) in [6, 6.07) is 6.68. The molecule has 0 bridgehead atoms. The molecule has 106 valence electrons. The molecule has 1 heterocycles. The molecule has 0 spiro atoms. The van der Waals surface area contributed by atoms with E-state index in [-0.39, 0.29) is 5.54 Å². The van der Waals surface area contributed by atoms with Crippen molar-refractivity contribution in [3.63, 3.8) is 0 Å². The number of nitrogens with zero attached hydrogens (tertiary/aromatic N) is 1. The van der Waals surface area contributed by atoms with Crippen LogP contribution in [0.4, 0.5) is 5.69 Å². The second-order valence-electron chi connectivity index (χ2n) is 6.72. The molecule has 2 rings (SSSR count). The Morgan fingerprint density at radius 2 is 2.05 bits per heavy atom. The van der Waals surface area contributed by atoms with Gasteiger partial charge in [-0.25, -0.2) is 0 Å². The van der Waals surface area contributed by atoms with Crippen molar-refractivity contribution in [3.8, 4) is 0 Å². The summed E-state index contributed by atoms with van der Waals surface area (Å²) >= 11 is 3.59. The fourth-order valence-corrected chi connectivity index (χ4v) is 3.18. The highest BCUT2D eigenvalue weighted by Crippen LogP contribution is 2.27. The van der Waals surface area contributed by atoms with E-state index in [1.165, 1.54) is 35.2 Å². The van der Waals surface area contributed by atoms with Crippen LogP contribution in [-0.2, 0) is 0 Å². The Morgan fingerprint density at radius 3 is 2.68 bits per heavy atom. The summed E-state index contributed by atoms with van der Waals surface area (Å²) in [5.74, 6) is 0.763. The molecular formula is C16H25BrN2. The van der Waals surface area contributed by atoms with Crippen molar-refractivity contribution in [2.75, 3.05) is 24.5 Å². The summed E-state index contributed by atoms with van der Waals surface area (Å²) < 4.78 is 1.18. The quantitative estimate of drug-likeness (QED) is 0.904. The van der Waals surface area contributed by atoms with Crippen LogP contribution < -0.4 is 10.2 Å². The molecule has 0 aliphatic carbocycles. The molecule has 1 fully saturated rings. The molecule has 1 aromatic carbocycles. The monoisotopic (exact) mass is 324 g/mol. The van der Waals surface area contributed by atoms with E-state index in [2.05, 4.69) is 72.0 Å². The van der Waals surface area contributed by atoms with Crippen LogP contribution in [0.5, 0.6) is 0 Å². The highest BCUT2D eigenvalue weighted by atomic mass is 79.9. The fraction of sp³-hybridized carbons (Fsp3) is 0.625. The second kappa shape index (κ2) is 5.84. The summed E-state index contributed by atoms with van der Waals surface area (Å²) in [6.45, 7) is 12.3. The number of nitrogens with one attached hydrogen (secondary N) is 1. The first kappa shape index (κ1) is 14.9. The van der Waals surface area contributed by atoms with Gasteiger partial charge < -0.3 is 10.2 Å². The Balaban J connectivity index is 1.94. The zero-order valence-corrected chi connectivity index (χ0v) is 14.0. The third kappa shape index (κ3) is 4.50. The highest BCUT2D eigenvalue weighted by molar-refractivity contribution is 9.10. The predicted molar refractivity (Wildman–Crippen MR) is 87.0 cm³/mol. The van der Waals surface area contributed by atoms with Crippen molar-refractivity contribution in [2.45, 2.75) is 39.7 Å². The largest absolute Gasteiger partial charge is 0.371 e. The van der Waals surface area contributed by atoms with Crippen molar-refractivity contribution in [2.24, 2.45) is 5.92 Å². The minimum Gasteiger partial charge on any atom is -0.371 e. The zero-order valence-electron chi connectivity index (χ0n) is 12.5. The maximum Gasteiger partial charge on any atom is 0.0380 e. The normalized spacial score (nSPS) is 20.1. The SMILES string of the molecule is Cc1cc(Br)cc(N2CCC(CNC(C)(C)C)C2)c1. The van der Waals surface area contributed by atoms with E-state index in [0.717, 1.165) is 12.5 Å². The number of rotatable bonds is 3. The van der Waals surface area contributed by atoms with Gasteiger partial charge in [-0.15, -0.1) is 0 Å². The van der Waals surface area contributed by atoms with Gasteiger partial charge >= 0.3 is 0 Å². The van der Waals surface area contributed by atoms with Crippen LogP contribution in [0.1, 0.15) is 32.8 Å². The lowest BCUT2D eigenvalue weighted by atomic mass is 10.1. The van der Waals surface area contributed by atoms with Crippen LogP contribution in [0.2, 0.25) is 0 Å². The molecular weight excluding hydrogens is 300 g/mol. The summed E-state index contributed by atoms with van der Waals surface area (Å²) in [5, 5.41) is 3.62. The van der Waals surface area contributed by atoms with Crippen LogP contribution in [0.3, 0.4) is 0 Å². The summed E-state index contributed by atoms with van der Waals surface area (Å²) in [7, 11) is 0. The van der Waals surface area contributed by atoms with Crippen LogP contribution in [0.15, 0.2) is 22.7 Å². The van der Waals surface area contributed by atoms with E-state index in [1.54, 1.807) is 0 Å². The first-order chi connectivity index (χ1) is 8.83. The van der Waals surface area contributed by atoms with E-state index in [1.807, 2.05) is 0 Å². The Morgan fingerprint density at radius 1 is 1.32 bits per heavy atom. The van der Waals surface area contributed by atoms with E-state index in [4.69, 9.17) is 0 Å². The third-order valence-corrected chi connectivity index (χ3v) is 4.06. The van der Waals surface area contributed by atoms with E-state index < -0.39 is 0 Å². The summed E-state index contributed by atoms with van der Waals surface area (Å²) in [5.41, 5.74) is 2.89. The van der Waals surface area contributed by atoms with Gasteiger partial charge in [-0.05, 0) is 63.8 Å². The maximum absolute atomic E-state index is 3.62. The van der Waals surface area contributed by atoms with E-state index in [0.29, 0.717) is 0 Å². The van der Waals surface area contributed by atoms with E-state index >= 15 is 0 Å². The molecule has 0 aromatic heterocycles. The van der Waals surface area contributed by atoms with Crippen molar-refractivity contribution in [1.29, 1.82) is 0 Å². The standard InChI is InChI=1S/C16H25BrN2/c1-12-7-14(17)9-15(8-12)19-6-5-13(11-19)10-18-16(2,3)4/h7-9,13,18H,5-6,10-11H2,1-4H3. The van der Waals surface area contributed by atoms with Crippen LogP contribution >= 0.6 is 15.9 Å². The predicted octanol–water partition coefficient (Wildman–Crippen LogP) is 3.97. The van der Waals surface area contributed by atoms with Crippen molar-refractivity contribution < 1.29 is 0 Å². The van der Waals surface area contributed by atoms with Crippen LogP contribution in [0.25, 0.3) is 0 Å². The molecule has 0 radical (unpaired) electrons. The number of benzene rings is 1. The minimum atomic E-state index is 0.222. The lowest BCUT2D eigenvalue weighted by Gasteiger charge is -2.24. The van der Waals surface area contributed by atoms with Gasteiger partial charge in [0.25, 0.3) is 0 Å². The Kier molecular flexibility index (Phi) is 4.57. The highest BCUT2D eigenvalue weighted by Gasteiger charge is 2.24. The summed E-state index contributed by atoms with van der Waals surface area (Å²) in [4.78, 5) is 2.51. The minimum absolute atomic E-state index is 0.222. The molecule has 3 heteroatoms. The number of anilines is 1. The Hall–Kier alpha value is -0.540. The van der Waals surface area contributed by atoms with Gasteiger partial charge in [0.05, 0.1) is 0 Å². The van der Waals surface area contributed by atoms with Gasteiger partial charge in [0.15, 0.2) is 0 Å². The van der Waals surface area contributed by atoms with Gasteiger partial charge in [0.1, 0.15) is 0 Å². The van der Waals surface area contributed by atoms with Crippen LogP contribution in [0, 0.1) is 12.8 Å². The molecule has 1 aromatic rings. The number of hydrogen-bond donors (Lipinski definition) is 1. The lowest BCUT2D eigenvalue weighted by Crippen LogP contribution is -2.39. The van der Waals surface area contributed by atoms with Crippen LogP contribution in [-0.4, -0.2) is 25.2 Å². The first-order valence-electron chi connectivity index (χ1n) is 7.11. The molecule has 1 unspecified atom stereocenters.